The molecule has 2 nitrogen and oxygen atoms in total. The quantitative estimate of drug-likeness (QED) is 0.0909. The molecule has 0 saturated heterocycles. The first-order valence-electron chi connectivity index (χ1n) is 16.8. The molecule has 0 aliphatic heterocycles. The summed E-state index contributed by atoms with van der Waals surface area (Å²) < 4.78 is 2.59. The Hall–Kier alpha value is -0.790. The highest BCUT2D eigenvalue weighted by molar-refractivity contribution is 4.90. The summed E-state index contributed by atoms with van der Waals surface area (Å²) in [5.41, 5.74) is 0. The molecule has 1 heterocycles. The van der Waals surface area contributed by atoms with Gasteiger partial charge in [-0.2, -0.15) is 0 Å². The van der Waals surface area contributed by atoms with Crippen molar-refractivity contribution in [1.29, 1.82) is 0 Å². The molecule has 1 aromatic heterocycles. The number of aromatic nitrogens is 2. The standard InChI is InChI=1S/C34H66N2/c1-5-8-11-13-14-15-16-17-18-19-20-21-22-24-26-29-33(28-10-7-3)34-35-30-31-36(34)32(4)27-25-23-12-9-6-2/h30-33H,5-29H2,1-4H3/p+1. The van der Waals surface area contributed by atoms with E-state index in [4.69, 9.17) is 0 Å². The van der Waals surface area contributed by atoms with Crippen LogP contribution in [-0.2, 0) is 0 Å². The molecule has 2 atom stereocenters. The van der Waals surface area contributed by atoms with Crippen LogP contribution in [0.25, 0.3) is 0 Å². The predicted octanol–water partition coefficient (Wildman–Crippen LogP) is 11.8. The molecule has 2 unspecified atom stereocenters. The lowest BCUT2D eigenvalue weighted by atomic mass is 9.93. The van der Waals surface area contributed by atoms with Crippen molar-refractivity contribution < 1.29 is 4.57 Å². The van der Waals surface area contributed by atoms with Gasteiger partial charge >= 0.3 is 0 Å². The Morgan fingerprint density at radius 1 is 0.528 bits per heavy atom. The van der Waals surface area contributed by atoms with Gasteiger partial charge in [0.15, 0.2) is 0 Å². The van der Waals surface area contributed by atoms with Crippen molar-refractivity contribution in [2.24, 2.45) is 0 Å². The first-order valence-corrected chi connectivity index (χ1v) is 16.8. The van der Waals surface area contributed by atoms with Crippen molar-refractivity contribution >= 4 is 0 Å². The normalized spacial score (nSPS) is 13.3. The third-order valence-electron chi connectivity index (χ3n) is 8.39. The number of unbranched alkanes of at least 4 members (excludes halogenated alkanes) is 19. The summed E-state index contributed by atoms with van der Waals surface area (Å²) >= 11 is 0. The Morgan fingerprint density at radius 3 is 1.39 bits per heavy atom. The number of rotatable bonds is 27. The van der Waals surface area contributed by atoms with E-state index in [1.165, 1.54) is 166 Å². The van der Waals surface area contributed by atoms with Crippen LogP contribution >= 0.6 is 0 Å². The summed E-state index contributed by atoms with van der Waals surface area (Å²) in [5, 5.41) is 0. The van der Waals surface area contributed by atoms with Crippen molar-refractivity contribution in [2.45, 2.75) is 200 Å². The largest absolute Gasteiger partial charge is 0.257 e. The minimum absolute atomic E-state index is 0.623. The SMILES string of the molecule is CCCCCCCCCCCCCCCCCC(CCCC)c1[nH]cc[n+]1C(C)CCCCCCC. The van der Waals surface area contributed by atoms with Gasteiger partial charge in [0.25, 0.3) is 5.82 Å². The number of hydrogen-bond donors (Lipinski definition) is 1. The lowest BCUT2D eigenvalue weighted by Gasteiger charge is -2.17. The molecule has 0 amide bonds. The molecule has 1 N–H and O–H groups in total. The molecule has 0 fully saturated rings. The van der Waals surface area contributed by atoms with Crippen LogP contribution in [-0.4, -0.2) is 4.98 Å². The zero-order valence-corrected chi connectivity index (χ0v) is 25.4. The Morgan fingerprint density at radius 2 is 0.917 bits per heavy atom. The van der Waals surface area contributed by atoms with Gasteiger partial charge in [-0.3, -0.25) is 0 Å². The van der Waals surface area contributed by atoms with Gasteiger partial charge in [-0.15, -0.1) is 0 Å². The van der Waals surface area contributed by atoms with Crippen LogP contribution in [0.15, 0.2) is 12.4 Å². The average Bonchev–Trinajstić information content (AvgIpc) is 3.38. The van der Waals surface area contributed by atoms with Crippen LogP contribution in [0.5, 0.6) is 0 Å². The van der Waals surface area contributed by atoms with Gasteiger partial charge in [0.1, 0.15) is 12.4 Å². The summed E-state index contributed by atoms with van der Waals surface area (Å²) in [5.74, 6) is 2.22. The highest BCUT2D eigenvalue weighted by atomic mass is 15.1. The zero-order valence-electron chi connectivity index (χ0n) is 25.4. The maximum atomic E-state index is 3.67. The number of aromatic amines is 1. The van der Waals surface area contributed by atoms with E-state index in [2.05, 4.69) is 49.6 Å². The number of hydrogen-bond acceptors (Lipinski definition) is 0. The summed E-state index contributed by atoms with van der Waals surface area (Å²) in [6.07, 6.45) is 39.8. The minimum atomic E-state index is 0.623. The number of H-pyrrole nitrogens is 1. The lowest BCUT2D eigenvalue weighted by molar-refractivity contribution is -0.727. The zero-order chi connectivity index (χ0) is 26.1. The topological polar surface area (TPSA) is 19.7 Å². The van der Waals surface area contributed by atoms with E-state index in [1.807, 2.05) is 0 Å². The molecule has 0 aliphatic carbocycles. The Bertz CT molecular complexity index is 563. The molecule has 0 radical (unpaired) electrons. The van der Waals surface area contributed by atoms with E-state index in [-0.39, 0.29) is 0 Å². The Kier molecular flexibility index (Phi) is 22.7. The van der Waals surface area contributed by atoms with Crippen molar-refractivity contribution in [3.63, 3.8) is 0 Å². The average molecular weight is 504 g/mol. The first kappa shape index (κ1) is 33.2. The van der Waals surface area contributed by atoms with E-state index in [1.54, 1.807) is 0 Å². The van der Waals surface area contributed by atoms with Crippen LogP contribution < -0.4 is 4.57 Å². The number of nitrogens with one attached hydrogen (secondary N) is 1. The molecule has 1 aromatic rings. The van der Waals surface area contributed by atoms with Gasteiger partial charge < -0.3 is 0 Å². The molecule has 0 aromatic carbocycles. The minimum Gasteiger partial charge on any atom is -0.247 e. The molecule has 212 valence electrons. The van der Waals surface area contributed by atoms with Crippen molar-refractivity contribution in [2.75, 3.05) is 0 Å². The molecule has 0 aliphatic rings. The molecule has 0 spiro atoms. The van der Waals surface area contributed by atoms with Crippen LogP contribution in [0.2, 0.25) is 0 Å². The van der Waals surface area contributed by atoms with Crippen LogP contribution in [0, 0.1) is 0 Å². The van der Waals surface area contributed by atoms with Gasteiger partial charge in [0, 0.05) is 0 Å². The van der Waals surface area contributed by atoms with Gasteiger partial charge in [-0.05, 0) is 32.6 Å². The van der Waals surface area contributed by atoms with Gasteiger partial charge in [-0.1, -0.05) is 156 Å². The smallest absolute Gasteiger partial charge is 0.247 e. The van der Waals surface area contributed by atoms with Crippen molar-refractivity contribution in [3.05, 3.63) is 18.2 Å². The van der Waals surface area contributed by atoms with E-state index in [9.17, 15) is 0 Å². The molecule has 0 bridgehead atoms. The number of nitrogens with zero attached hydrogens (tertiary/aromatic N) is 1. The summed E-state index contributed by atoms with van der Waals surface area (Å²) in [7, 11) is 0. The maximum absolute atomic E-state index is 3.67. The van der Waals surface area contributed by atoms with Crippen LogP contribution in [0.4, 0.5) is 0 Å². The second kappa shape index (κ2) is 24.5. The highest BCUT2D eigenvalue weighted by Crippen LogP contribution is 2.26. The first-order chi connectivity index (χ1) is 17.7. The van der Waals surface area contributed by atoms with Crippen molar-refractivity contribution in [1.82, 2.24) is 4.98 Å². The van der Waals surface area contributed by atoms with E-state index < -0.39 is 0 Å². The molecule has 36 heavy (non-hydrogen) atoms. The fourth-order valence-corrected chi connectivity index (χ4v) is 5.88. The van der Waals surface area contributed by atoms with Crippen LogP contribution in [0.3, 0.4) is 0 Å². The second-order valence-corrected chi connectivity index (χ2v) is 11.9. The fourth-order valence-electron chi connectivity index (χ4n) is 5.88. The highest BCUT2D eigenvalue weighted by Gasteiger charge is 2.25. The second-order valence-electron chi connectivity index (χ2n) is 11.9. The maximum Gasteiger partial charge on any atom is 0.257 e. The van der Waals surface area contributed by atoms with Crippen LogP contribution in [0.1, 0.15) is 206 Å². The van der Waals surface area contributed by atoms with Crippen molar-refractivity contribution in [3.8, 4) is 0 Å². The molecular formula is C34H67N2+. The Labute approximate surface area is 227 Å². The van der Waals surface area contributed by atoms with Gasteiger partial charge in [0.05, 0.1) is 12.0 Å². The van der Waals surface area contributed by atoms with E-state index in [0.29, 0.717) is 12.0 Å². The van der Waals surface area contributed by atoms with E-state index >= 15 is 0 Å². The third kappa shape index (κ3) is 16.9. The van der Waals surface area contributed by atoms with Gasteiger partial charge in [-0.25, -0.2) is 9.55 Å². The summed E-state index contributed by atoms with van der Waals surface area (Å²) in [4.78, 5) is 3.67. The molecular weight excluding hydrogens is 436 g/mol. The Balaban J connectivity index is 2.20. The molecule has 1 rings (SSSR count). The molecule has 2 heteroatoms. The monoisotopic (exact) mass is 504 g/mol. The summed E-state index contributed by atoms with van der Waals surface area (Å²) in [6, 6.07) is 0.623. The number of imidazole rings is 1. The predicted molar refractivity (Wildman–Crippen MR) is 161 cm³/mol. The third-order valence-corrected chi connectivity index (χ3v) is 8.39. The fraction of sp³-hybridized carbons (Fsp3) is 0.912. The summed E-state index contributed by atoms with van der Waals surface area (Å²) in [6.45, 7) is 9.38. The lowest BCUT2D eigenvalue weighted by Crippen LogP contribution is -2.41. The van der Waals surface area contributed by atoms with Gasteiger partial charge in [0.2, 0.25) is 0 Å². The van der Waals surface area contributed by atoms with E-state index in [0.717, 1.165) is 0 Å². The molecule has 0 saturated carbocycles.